The molecule has 0 saturated carbocycles. The molecular formula is C38H24N2O. The van der Waals surface area contributed by atoms with Crippen LogP contribution in [-0.4, -0.2) is 9.97 Å². The molecule has 0 aliphatic carbocycles. The third kappa shape index (κ3) is 4.07. The second-order valence-electron chi connectivity index (χ2n) is 10.2. The minimum absolute atomic E-state index is 0.674. The van der Waals surface area contributed by atoms with Gasteiger partial charge >= 0.3 is 0 Å². The van der Waals surface area contributed by atoms with Gasteiger partial charge in [0.25, 0.3) is 0 Å². The van der Waals surface area contributed by atoms with E-state index in [0.717, 1.165) is 55.2 Å². The van der Waals surface area contributed by atoms with Gasteiger partial charge in [-0.15, -0.1) is 0 Å². The van der Waals surface area contributed by atoms with Gasteiger partial charge in [-0.05, 0) is 45.8 Å². The maximum atomic E-state index is 6.57. The van der Waals surface area contributed by atoms with Crippen molar-refractivity contribution in [2.75, 3.05) is 0 Å². The zero-order valence-electron chi connectivity index (χ0n) is 22.2. The quantitative estimate of drug-likeness (QED) is 0.230. The van der Waals surface area contributed by atoms with E-state index < -0.39 is 0 Å². The minimum atomic E-state index is 0.674. The Hall–Kier alpha value is -5.54. The van der Waals surface area contributed by atoms with Crippen molar-refractivity contribution in [3.63, 3.8) is 0 Å². The highest BCUT2D eigenvalue weighted by Gasteiger charge is 2.19. The van der Waals surface area contributed by atoms with Crippen LogP contribution in [0, 0.1) is 0 Å². The van der Waals surface area contributed by atoms with E-state index in [9.17, 15) is 0 Å². The maximum absolute atomic E-state index is 6.57. The molecule has 6 aromatic carbocycles. The van der Waals surface area contributed by atoms with E-state index >= 15 is 0 Å². The van der Waals surface area contributed by atoms with Gasteiger partial charge in [0, 0.05) is 21.9 Å². The first-order valence-electron chi connectivity index (χ1n) is 13.8. The molecule has 2 heterocycles. The summed E-state index contributed by atoms with van der Waals surface area (Å²) in [6, 6.07) is 50.4. The second-order valence-corrected chi connectivity index (χ2v) is 10.2. The van der Waals surface area contributed by atoms with E-state index in [0.29, 0.717) is 11.4 Å². The van der Waals surface area contributed by atoms with Crippen molar-refractivity contribution in [2.24, 2.45) is 0 Å². The molecule has 41 heavy (non-hydrogen) atoms. The van der Waals surface area contributed by atoms with Gasteiger partial charge in [0.2, 0.25) is 0 Å². The van der Waals surface area contributed by atoms with Crippen LogP contribution in [-0.2, 0) is 0 Å². The summed E-state index contributed by atoms with van der Waals surface area (Å²) in [5, 5.41) is 3.20. The van der Waals surface area contributed by atoms with Crippen molar-refractivity contribution < 1.29 is 4.42 Å². The smallest absolute Gasteiger partial charge is 0.180 e. The van der Waals surface area contributed by atoms with E-state index in [-0.39, 0.29) is 0 Å². The van der Waals surface area contributed by atoms with Crippen molar-refractivity contribution in [3.05, 3.63) is 146 Å². The zero-order chi connectivity index (χ0) is 27.2. The van der Waals surface area contributed by atoms with Crippen molar-refractivity contribution in [2.45, 2.75) is 0 Å². The highest BCUT2D eigenvalue weighted by atomic mass is 16.3. The van der Waals surface area contributed by atoms with Crippen LogP contribution in [0.1, 0.15) is 0 Å². The molecule has 0 aliphatic rings. The first-order valence-corrected chi connectivity index (χ1v) is 13.8. The molecule has 192 valence electrons. The van der Waals surface area contributed by atoms with Crippen molar-refractivity contribution >= 4 is 32.8 Å². The van der Waals surface area contributed by atoms with E-state index in [4.69, 9.17) is 14.4 Å². The fourth-order valence-corrected chi connectivity index (χ4v) is 5.64. The molecule has 0 unspecified atom stereocenters. The predicted molar refractivity (Wildman–Crippen MR) is 169 cm³/mol. The number of aromatic nitrogens is 2. The second kappa shape index (κ2) is 9.58. The number of rotatable bonds is 4. The van der Waals surface area contributed by atoms with Crippen LogP contribution in [0.5, 0.6) is 0 Å². The molecule has 0 amide bonds. The van der Waals surface area contributed by atoms with E-state index in [1.807, 2.05) is 36.4 Å². The summed E-state index contributed by atoms with van der Waals surface area (Å²) >= 11 is 0. The Balaban J connectivity index is 1.33. The van der Waals surface area contributed by atoms with Gasteiger partial charge < -0.3 is 4.42 Å². The van der Waals surface area contributed by atoms with Crippen LogP contribution in [0.2, 0.25) is 0 Å². The number of nitrogens with zero attached hydrogens (tertiary/aromatic N) is 2. The summed E-state index contributed by atoms with van der Waals surface area (Å²) in [5.41, 5.74) is 9.78. The number of hydrogen-bond donors (Lipinski definition) is 0. The Morgan fingerprint density at radius 3 is 1.73 bits per heavy atom. The third-order valence-corrected chi connectivity index (χ3v) is 7.68. The fraction of sp³-hybridized carbons (Fsp3) is 0. The standard InChI is InChI=1S/C38H24N2O/c1-3-11-25(12-4-1)28-16-9-17-29(23-28)30-18-10-19-31(24-30)38-39-34(27-14-5-2-6-15-27)37-35(40-38)33-22-21-26-13-7-8-20-32(26)36(33)41-37/h1-24H. The topological polar surface area (TPSA) is 38.9 Å². The van der Waals surface area contributed by atoms with Crippen LogP contribution < -0.4 is 0 Å². The monoisotopic (exact) mass is 524 g/mol. The molecule has 0 saturated heterocycles. The molecule has 0 N–H and O–H groups in total. The lowest BCUT2D eigenvalue weighted by Crippen LogP contribution is -1.94. The first kappa shape index (κ1) is 23.4. The van der Waals surface area contributed by atoms with Crippen LogP contribution in [0.25, 0.3) is 77.7 Å². The van der Waals surface area contributed by atoms with Gasteiger partial charge in [-0.3, -0.25) is 0 Å². The molecule has 3 heteroatoms. The molecule has 8 aromatic rings. The summed E-state index contributed by atoms with van der Waals surface area (Å²) in [4.78, 5) is 10.2. The van der Waals surface area contributed by atoms with Gasteiger partial charge in [0.1, 0.15) is 16.8 Å². The lowest BCUT2D eigenvalue weighted by molar-refractivity contribution is 0.671. The third-order valence-electron chi connectivity index (χ3n) is 7.68. The SMILES string of the molecule is c1ccc(-c2cccc(-c3cccc(-c4nc(-c5ccccc5)c5oc6c7ccccc7ccc6c5n4)c3)c2)cc1. The van der Waals surface area contributed by atoms with Gasteiger partial charge in [-0.25, -0.2) is 9.97 Å². The summed E-state index contributed by atoms with van der Waals surface area (Å²) < 4.78 is 6.57. The van der Waals surface area contributed by atoms with Gasteiger partial charge in [0.15, 0.2) is 11.4 Å². The lowest BCUT2D eigenvalue weighted by atomic mass is 9.98. The molecule has 0 aliphatic heterocycles. The van der Waals surface area contributed by atoms with Gasteiger partial charge in [0.05, 0.1) is 0 Å². The highest BCUT2D eigenvalue weighted by molar-refractivity contribution is 6.15. The molecule has 8 rings (SSSR count). The zero-order valence-corrected chi connectivity index (χ0v) is 22.2. The van der Waals surface area contributed by atoms with Crippen molar-refractivity contribution in [1.82, 2.24) is 9.97 Å². The van der Waals surface area contributed by atoms with Crippen LogP contribution >= 0.6 is 0 Å². The Kier molecular flexibility index (Phi) is 5.46. The summed E-state index contributed by atoms with van der Waals surface area (Å²) in [6.07, 6.45) is 0. The Labute approximate surface area is 237 Å². The van der Waals surface area contributed by atoms with Crippen LogP contribution in [0.15, 0.2) is 150 Å². The predicted octanol–water partition coefficient (Wildman–Crippen LogP) is 10.2. The average Bonchev–Trinajstić information content (AvgIpc) is 3.44. The molecule has 0 spiro atoms. The summed E-state index contributed by atoms with van der Waals surface area (Å²) in [6.45, 7) is 0. The van der Waals surface area contributed by atoms with Crippen LogP contribution in [0.4, 0.5) is 0 Å². The average molecular weight is 525 g/mol. The van der Waals surface area contributed by atoms with E-state index in [1.54, 1.807) is 0 Å². The molecule has 3 nitrogen and oxygen atoms in total. The Morgan fingerprint density at radius 1 is 0.390 bits per heavy atom. The number of hydrogen-bond acceptors (Lipinski definition) is 3. The largest absolute Gasteiger partial charge is 0.451 e. The Bertz CT molecular complexity index is 2200. The summed E-state index contributed by atoms with van der Waals surface area (Å²) in [5.74, 6) is 0.674. The number of benzene rings is 6. The van der Waals surface area contributed by atoms with Crippen molar-refractivity contribution in [3.8, 4) is 44.9 Å². The molecular weight excluding hydrogens is 500 g/mol. The highest BCUT2D eigenvalue weighted by Crippen LogP contribution is 2.38. The van der Waals surface area contributed by atoms with Gasteiger partial charge in [-0.1, -0.05) is 127 Å². The van der Waals surface area contributed by atoms with Gasteiger partial charge in [-0.2, -0.15) is 0 Å². The Morgan fingerprint density at radius 2 is 0.976 bits per heavy atom. The first-order chi connectivity index (χ1) is 20.3. The molecule has 0 bridgehead atoms. The summed E-state index contributed by atoms with van der Waals surface area (Å²) in [7, 11) is 0. The minimum Gasteiger partial charge on any atom is -0.451 e. The molecule has 0 atom stereocenters. The normalized spacial score (nSPS) is 11.4. The molecule has 0 fully saturated rings. The van der Waals surface area contributed by atoms with Crippen LogP contribution in [0.3, 0.4) is 0 Å². The number of furan rings is 1. The van der Waals surface area contributed by atoms with E-state index in [1.165, 1.54) is 11.1 Å². The molecule has 0 radical (unpaired) electrons. The lowest BCUT2D eigenvalue weighted by Gasteiger charge is -2.09. The fourth-order valence-electron chi connectivity index (χ4n) is 5.64. The number of fused-ring (bicyclic) bond motifs is 5. The van der Waals surface area contributed by atoms with Crippen molar-refractivity contribution in [1.29, 1.82) is 0 Å². The van der Waals surface area contributed by atoms with E-state index in [2.05, 4.69) is 109 Å². The molecule has 2 aromatic heterocycles. The maximum Gasteiger partial charge on any atom is 0.180 e.